The van der Waals surface area contributed by atoms with Crippen LogP contribution in [0.25, 0.3) is 0 Å². The van der Waals surface area contributed by atoms with Crippen LogP contribution < -0.4 is 20.9 Å². The Morgan fingerprint density at radius 3 is 1.35 bits per heavy atom. The maximum absolute atomic E-state index is 13.2. The molecule has 0 saturated heterocycles. The number of nitrogens with two attached hydrogens (primary N) is 2. The van der Waals surface area contributed by atoms with Crippen LogP contribution in [0.1, 0.15) is 31.8 Å². The lowest BCUT2D eigenvalue weighted by molar-refractivity contribution is -0.139. The van der Waals surface area contributed by atoms with Crippen LogP contribution in [0.2, 0.25) is 0 Å². The van der Waals surface area contributed by atoms with Crippen molar-refractivity contribution in [1.82, 2.24) is 0 Å². The first-order valence-corrected chi connectivity index (χ1v) is 9.23. The third-order valence-electron chi connectivity index (χ3n) is 4.36. The average molecular weight is 484 g/mol. The molecular formula is C22H14F6N2O4. The van der Waals surface area contributed by atoms with Crippen LogP contribution in [-0.2, 0) is 12.4 Å². The highest BCUT2D eigenvalue weighted by Crippen LogP contribution is 2.39. The minimum absolute atomic E-state index is 0.210. The maximum Gasteiger partial charge on any atom is 0.420 e. The molecule has 3 aromatic rings. The van der Waals surface area contributed by atoms with E-state index in [1.165, 1.54) is 6.07 Å². The van der Waals surface area contributed by atoms with Crippen molar-refractivity contribution < 1.29 is 45.4 Å². The summed E-state index contributed by atoms with van der Waals surface area (Å²) in [5.74, 6) is -4.16. The molecule has 0 aliphatic heterocycles. The van der Waals surface area contributed by atoms with E-state index in [1.54, 1.807) is 0 Å². The molecule has 3 rings (SSSR count). The Labute approximate surface area is 187 Å². The number of hydrogen-bond donors (Lipinski definition) is 2. The van der Waals surface area contributed by atoms with Crippen molar-refractivity contribution in [2.24, 2.45) is 0 Å². The molecule has 0 aromatic heterocycles. The molecule has 0 aliphatic carbocycles. The molecule has 4 N–H and O–H groups in total. The fourth-order valence-corrected chi connectivity index (χ4v) is 2.81. The van der Waals surface area contributed by atoms with Gasteiger partial charge in [0.25, 0.3) is 0 Å². The Bertz CT molecular complexity index is 1160. The van der Waals surface area contributed by atoms with Gasteiger partial charge in [-0.1, -0.05) is 6.07 Å². The van der Waals surface area contributed by atoms with Gasteiger partial charge in [0.05, 0.1) is 11.1 Å². The fraction of sp³-hybridized carbons (Fsp3) is 0.0909. The first-order chi connectivity index (χ1) is 15.8. The van der Waals surface area contributed by atoms with Crippen LogP contribution in [0, 0.1) is 0 Å². The second-order valence-corrected chi connectivity index (χ2v) is 6.87. The molecule has 0 amide bonds. The standard InChI is InChI=1S/C22H14F6N2O4/c23-21(24,25)15-9-13(29)4-6-17(15)33-19(31)11-2-1-3-12(8-11)20(32)34-18-7-5-14(30)10-16(18)22(26,27)28/h1-10H,29-30H2. The monoisotopic (exact) mass is 484 g/mol. The summed E-state index contributed by atoms with van der Waals surface area (Å²) >= 11 is 0. The summed E-state index contributed by atoms with van der Waals surface area (Å²) in [5.41, 5.74) is 7.01. The van der Waals surface area contributed by atoms with Gasteiger partial charge in [-0.25, -0.2) is 9.59 Å². The molecule has 0 fully saturated rings. The number of esters is 2. The third kappa shape index (κ3) is 5.57. The second-order valence-electron chi connectivity index (χ2n) is 6.87. The van der Waals surface area contributed by atoms with Crippen molar-refractivity contribution in [2.45, 2.75) is 12.4 Å². The van der Waals surface area contributed by atoms with Crippen molar-refractivity contribution in [2.75, 3.05) is 11.5 Å². The van der Waals surface area contributed by atoms with E-state index >= 15 is 0 Å². The van der Waals surface area contributed by atoms with Gasteiger partial charge < -0.3 is 20.9 Å². The van der Waals surface area contributed by atoms with E-state index in [-0.39, 0.29) is 22.5 Å². The second kappa shape index (κ2) is 8.96. The normalized spacial score (nSPS) is 11.7. The number of nitrogen functional groups attached to an aromatic ring is 2. The summed E-state index contributed by atoms with van der Waals surface area (Å²) < 4.78 is 88.8. The average Bonchev–Trinajstić information content (AvgIpc) is 2.74. The Morgan fingerprint density at radius 1 is 0.618 bits per heavy atom. The first-order valence-electron chi connectivity index (χ1n) is 9.23. The van der Waals surface area contributed by atoms with Crippen molar-refractivity contribution in [3.8, 4) is 11.5 Å². The maximum atomic E-state index is 13.2. The van der Waals surface area contributed by atoms with Gasteiger partial charge in [-0.15, -0.1) is 0 Å². The summed E-state index contributed by atoms with van der Waals surface area (Å²) in [6, 6.07) is 9.41. The topological polar surface area (TPSA) is 105 Å². The Kier molecular flexibility index (Phi) is 6.44. The van der Waals surface area contributed by atoms with Gasteiger partial charge in [-0.05, 0) is 54.6 Å². The van der Waals surface area contributed by atoms with Gasteiger partial charge in [0.1, 0.15) is 22.6 Å². The molecule has 178 valence electrons. The molecule has 0 unspecified atom stereocenters. The molecule has 0 atom stereocenters. The van der Waals surface area contributed by atoms with E-state index < -0.39 is 46.9 Å². The molecule has 0 aliphatic rings. The van der Waals surface area contributed by atoms with Gasteiger partial charge >= 0.3 is 24.3 Å². The summed E-state index contributed by atoms with van der Waals surface area (Å²) in [4.78, 5) is 24.8. The van der Waals surface area contributed by atoms with E-state index in [1.807, 2.05) is 0 Å². The number of benzene rings is 3. The van der Waals surface area contributed by atoms with Crippen LogP contribution in [0.15, 0.2) is 60.7 Å². The molecule has 0 saturated carbocycles. The lowest BCUT2D eigenvalue weighted by Crippen LogP contribution is -2.16. The number of hydrogen-bond acceptors (Lipinski definition) is 6. The van der Waals surface area contributed by atoms with Crippen LogP contribution in [0.4, 0.5) is 37.7 Å². The molecule has 34 heavy (non-hydrogen) atoms. The predicted molar refractivity (Wildman–Crippen MR) is 108 cm³/mol. The number of carbonyl (C=O) groups excluding carboxylic acids is 2. The highest BCUT2D eigenvalue weighted by molar-refractivity contribution is 5.97. The smallest absolute Gasteiger partial charge is 0.420 e. The van der Waals surface area contributed by atoms with E-state index in [0.717, 1.165) is 42.5 Å². The molecule has 12 heteroatoms. The molecule has 0 bridgehead atoms. The summed E-state index contributed by atoms with van der Waals surface area (Å²) in [6.07, 6.45) is -9.74. The minimum atomic E-state index is -4.87. The van der Waals surface area contributed by atoms with E-state index in [2.05, 4.69) is 0 Å². The zero-order chi connectivity index (χ0) is 25.3. The number of anilines is 2. The molecule has 0 heterocycles. The zero-order valence-corrected chi connectivity index (χ0v) is 16.8. The SMILES string of the molecule is Nc1ccc(OC(=O)c2cccc(C(=O)Oc3ccc(N)cc3C(F)(F)F)c2)c(C(F)(F)F)c1. The number of rotatable bonds is 4. The Morgan fingerprint density at radius 2 is 1.00 bits per heavy atom. The highest BCUT2D eigenvalue weighted by Gasteiger charge is 2.36. The van der Waals surface area contributed by atoms with E-state index in [0.29, 0.717) is 12.1 Å². The van der Waals surface area contributed by atoms with Gasteiger partial charge in [-0.3, -0.25) is 0 Å². The number of carbonyl (C=O) groups is 2. The van der Waals surface area contributed by atoms with Gasteiger partial charge in [-0.2, -0.15) is 26.3 Å². The third-order valence-corrected chi connectivity index (χ3v) is 4.36. The van der Waals surface area contributed by atoms with E-state index in [4.69, 9.17) is 20.9 Å². The number of halogens is 6. The van der Waals surface area contributed by atoms with Crippen molar-refractivity contribution in [3.05, 3.63) is 82.9 Å². The number of ether oxygens (including phenoxy) is 2. The van der Waals surface area contributed by atoms with Gasteiger partial charge in [0.15, 0.2) is 0 Å². The largest absolute Gasteiger partial charge is 0.422 e. The zero-order valence-electron chi connectivity index (χ0n) is 16.8. The van der Waals surface area contributed by atoms with Crippen molar-refractivity contribution in [3.63, 3.8) is 0 Å². The van der Waals surface area contributed by atoms with Crippen molar-refractivity contribution >= 4 is 23.3 Å². The van der Waals surface area contributed by atoms with Crippen LogP contribution in [0.5, 0.6) is 11.5 Å². The first kappa shape index (κ1) is 24.4. The minimum Gasteiger partial charge on any atom is -0.422 e. The van der Waals surface area contributed by atoms with Gasteiger partial charge in [0.2, 0.25) is 0 Å². The fourth-order valence-electron chi connectivity index (χ4n) is 2.81. The van der Waals surface area contributed by atoms with E-state index in [9.17, 15) is 35.9 Å². The summed E-state index contributed by atoms with van der Waals surface area (Å²) in [7, 11) is 0. The Balaban J connectivity index is 1.85. The Hall–Kier alpha value is -4.22. The molecule has 0 radical (unpaired) electrons. The van der Waals surface area contributed by atoms with Crippen LogP contribution >= 0.6 is 0 Å². The van der Waals surface area contributed by atoms with Crippen molar-refractivity contribution in [1.29, 1.82) is 0 Å². The molecule has 6 nitrogen and oxygen atoms in total. The predicted octanol–water partition coefficient (Wildman–Crippen LogP) is 5.33. The lowest BCUT2D eigenvalue weighted by Gasteiger charge is -2.14. The summed E-state index contributed by atoms with van der Waals surface area (Å²) in [6.45, 7) is 0. The summed E-state index contributed by atoms with van der Waals surface area (Å²) in [5, 5.41) is 0. The lowest BCUT2D eigenvalue weighted by atomic mass is 10.1. The molecular weight excluding hydrogens is 470 g/mol. The van der Waals surface area contributed by atoms with Gasteiger partial charge in [0, 0.05) is 11.4 Å². The molecule has 0 spiro atoms. The quantitative estimate of drug-likeness (QED) is 0.225. The number of alkyl halides is 6. The van der Waals surface area contributed by atoms with Crippen LogP contribution in [-0.4, -0.2) is 11.9 Å². The molecule has 3 aromatic carbocycles. The highest BCUT2D eigenvalue weighted by atomic mass is 19.4. The van der Waals surface area contributed by atoms with Crippen LogP contribution in [0.3, 0.4) is 0 Å².